The number of carboxylic acids is 1. The first-order valence-electron chi connectivity index (χ1n) is 32.9. The number of aliphatic hydroxyl groups excluding tert-OH is 2. The van der Waals surface area contributed by atoms with Crippen molar-refractivity contribution in [2.24, 2.45) is 0 Å². The van der Waals surface area contributed by atoms with Gasteiger partial charge < -0.3 is 39.0 Å². The molecule has 3 N–H and O–H groups in total. The maximum absolute atomic E-state index is 13.2. The minimum atomic E-state index is -1.92. The van der Waals surface area contributed by atoms with Crippen LogP contribution in [0.15, 0.2) is 109 Å². The Kier molecular flexibility index (Phi) is 53.2. The monoisotopic (exact) mass is 1160 g/mol. The summed E-state index contributed by atoms with van der Waals surface area (Å²) >= 11 is 0. The molecular weight excluding hydrogens is 1040 g/mol. The Hall–Kier alpha value is -4.62. The van der Waals surface area contributed by atoms with Crippen LogP contribution in [0.1, 0.15) is 265 Å². The molecule has 0 aromatic heterocycles. The molecule has 1 aliphatic rings. The van der Waals surface area contributed by atoms with Gasteiger partial charge >= 0.3 is 23.9 Å². The first-order chi connectivity index (χ1) is 40.6. The maximum Gasteiger partial charge on any atom is 0.335 e. The quantitative estimate of drug-likeness (QED) is 0.0228. The van der Waals surface area contributed by atoms with Gasteiger partial charge in [-0.1, -0.05) is 252 Å². The molecule has 472 valence electrons. The first kappa shape index (κ1) is 76.4. The van der Waals surface area contributed by atoms with Crippen LogP contribution in [0.3, 0.4) is 0 Å². The van der Waals surface area contributed by atoms with Crippen LogP contribution in [0.2, 0.25) is 0 Å². The number of carbonyl (C=O) groups excluding carboxylic acids is 3. The van der Waals surface area contributed by atoms with Gasteiger partial charge in [-0.05, 0) is 103 Å². The van der Waals surface area contributed by atoms with Crippen LogP contribution >= 0.6 is 0 Å². The van der Waals surface area contributed by atoms with E-state index in [1.165, 1.54) is 77.0 Å². The lowest BCUT2D eigenvalue weighted by Gasteiger charge is -2.40. The van der Waals surface area contributed by atoms with Gasteiger partial charge in [-0.2, -0.15) is 0 Å². The van der Waals surface area contributed by atoms with Crippen molar-refractivity contribution in [1.82, 2.24) is 0 Å². The third kappa shape index (κ3) is 47.3. The van der Waals surface area contributed by atoms with Crippen molar-refractivity contribution in [1.29, 1.82) is 0 Å². The summed E-state index contributed by atoms with van der Waals surface area (Å²) in [5.41, 5.74) is 0. The molecule has 0 amide bonds. The average molecular weight is 1160 g/mol. The van der Waals surface area contributed by atoms with Crippen LogP contribution in [-0.2, 0) is 42.9 Å². The topological polar surface area (TPSA) is 175 Å². The molecule has 0 aliphatic carbocycles. The number of carboxylic acid groups (broad SMARTS) is 1. The molecular formula is C71H116O12. The van der Waals surface area contributed by atoms with Gasteiger partial charge in [-0.3, -0.25) is 14.4 Å². The molecule has 1 saturated heterocycles. The molecule has 1 fully saturated rings. The molecule has 12 heteroatoms. The largest absolute Gasteiger partial charge is 0.479 e. The maximum atomic E-state index is 13.2. The summed E-state index contributed by atoms with van der Waals surface area (Å²) in [5.74, 6) is -3.19. The highest BCUT2D eigenvalue weighted by molar-refractivity contribution is 5.74. The molecule has 0 saturated carbocycles. The zero-order chi connectivity index (χ0) is 60.3. The van der Waals surface area contributed by atoms with Crippen molar-refractivity contribution in [3.63, 3.8) is 0 Å². The standard InChI is InChI=1S/C71H116O12/c1-4-7-10-13-16-19-22-25-28-31-32-35-36-39-42-45-48-51-54-57-63(72)79-60-62(81-64(73)58-55-52-49-46-43-40-37-33-29-26-23-20-17-14-11-8-5-2)61-80-71-69(67(76)66(75)68(83-71)70(77)78)82-65(74)59-56-53-50-47-44-41-38-34-30-27-24-21-18-15-12-9-6-3/h7-8,10-11,16-17,19-20,25-26,28-29,32,35,37,39-40,42,62,66-69,71,75-76H,4-6,9,12-15,18,21-24,27,30-31,33-34,36,38,41,43-61H2,1-3H3,(H,77,78)/b10-7-,11-8-,19-16-,20-17-,28-25-,29-26-,35-32-,40-37-,42-39-. The van der Waals surface area contributed by atoms with Crippen LogP contribution in [0.25, 0.3) is 0 Å². The van der Waals surface area contributed by atoms with E-state index in [1.54, 1.807) is 0 Å². The van der Waals surface area contributed by atoms with E-state index in [-0.39, 0.29) is 25.9 Å². The normalized spacial score (nSPS) is 18.3. The number of rotatable bonds is 55. The molecule has 0 aromatic carbocycles. The first-order valence-corrected chi connectivity index (χ1v) is 32.9. The Bertz CT molecular complexity index is 1860. The van der Waals surface area contributed by atoms with Crippen LogP contribution in [-0.4, -0.2) is 89.2 Å². The van der Waals surface area contributed by atoms with E-state index >= 15 is 0 Å². The van der Waals surface area contributed by atoms with E-state index in [1.807, 2.05) is 0 Å². The van der Waals surface area contributed by atoms with Crippen molar-refractivity contribution in [2.75, 3.05) is 13.2 Å². The number of aliphatic hydroxyl groups is 2. The van der Waals surface area contributed by atoms with Gasteiger partial charge in [-0.15, -0.1) is 0 Å². The van der Waals surface area contributed by atoms with Crippen LogP contribution in [0, 0.1) is 0 Å². The number of esters is 3. The fraction of sp³-hybridized carbons (Fsp3) is 0.690. The number of allylic oxidation sites excluding steroid dienone is 18. The number of aliphatic carboxylic acids is 1. The Morgan fingerprint density at radius 1 is 0.410 bits per heavy atom. The van der Waals surface area contributed by atoms with Gasteiger partial charge in [0.15, 0.2) is 24.6 Å². The molecule has 1 aliphatic heterocycles. The second-order valence-electron chi connectivity index (χ2n) is 22.0. The van der Waals surface area contributed by atoms with Crippen molar-refractivity contribution in [3.8, 4) is 0 Å². The van der Waals surface area contributed by atoms with E-state index < -0.39 is 67.3 Å². The van der Waals surface area contributed by atoms with Gasteiger partial charge in [0.1, 0.15) is 18.8 Å². The van der Waals surface area contributed by atoms with Crippen LogP contribution in [0.5, 0.6) is 0 Å². The summed E-state index contributed by atoms with van der Waals surface area (Å²) in [6.07, 6.45) is 66.1. The number of ether oxygens (including phenoxy) is 5. The van der Waals surface area contributed by atoms with E-state index in [0.29, 0.717) is 19.3 Å². The molecule has 6 atom stereocenters. The Morgan fingerprint density at radius 3 is 1.17 bits per heavy atom. The highest BCUT2D eigenvalue weighted by Gasteiger charge is 2.50. The smallest absolute Gasteiger partial charge is 0.335 e. The summed E-state index contributed by atoms with van der Waals surface area (Å²) in [7, 11) is 0. The molecule has 6 unspecified atom stereocenters. The van der Waals surface area contributed by atoms with Gasteiger partial charge in [-0.25, -0.2) is 4.79 Å². The van der Waals surface area contributed by atoms with Crippen LogP contribution in [0.4, 0.5) is 0 Å². The summed E-state index contributed by atoms with van der Waals surface area (Å²) in [4.78, 5) is 51.4. The zero-order valence-corrected chi connectivity index (χ0v) is 52.2. The van der Waals surface area contributed by atoms with E-state index in [2.05, 4.69) is 130 Å². The molecule has 0 spiro atoms. The summed E-state index contributed by atoms with van der Waals surface area (Å²) in [6.45, 7) is 5.74. The van der Waals surface area contributed by atoms with Crippen molar-refractivity contribution in [2.45, 2.75) is 302 Å². The van der Waals surface area contributed by atoms with E-state index in [4.69, 9.17) is 23.7 Å². The van der Waals surface area contributed by atoms with Gasteiger partial charge in [0.05, 0.1) is 6.61 Å². The van der Waals surface area contributed by atoms with Crippen molar-refractivity contribution >= 4 is 23.9 Å². The minimum Gasteiger partial charge on any atom is -0.479 e. The molecule has 1 rings (SSSR count). The molecule has 0 bridgehead atoms. The number of carbonyl (C=O) groups is 4. The minimum absolute atomic E-state index is 0.0526. The lowest BCUT2D eigenvalue weighted by molar-refractivity contribution is -0.301. The second kappa shape index (κ2) is 57.8. The van der Waals surface area contributed by atoms with Crippen LogP contribution < -0.4 is 0 Å². The SMILES string of the molecule is CC/C=C\C/C=C\C/C=C\C/C=C\C/C=C\CCCCCC(=O)OCC(COC1OC(C(=O)O)C(O)C(O)C1OC(=O)CCCCCCCCCCCCCCCCCCC)OC(=O)CCCCCC/C=C\C/C=C\C/C=C\C/C=C\CC. The summed E-state index contributed by atoms with van der Waals surface area (Å²) in [6, 6.07) is 0. The molecule has 0 radical (unpaired) electrons. The number of unbranched alkanes of at least 4 members (excludes halogenated alkanes) is 23. The molecule has 1 heterocycles. The van der Waals surface area contributed by atoms with Gasteiger partial charge in [0, 0.05) is 19.3 Å². The predicted octanol–water partition coefficient (Wildman–Crippen LogP) is 17.8. The zero-order valence-electron chi connectivity index (χ0n) is 52.2. The average Bonchev–Trinajstić information content (AvgIpc) is 3.59. The number of hydrogen-bond donors (Lipinski definition) is 3. The fourth-order valence-electron chi connectivity index (χ4n) is 9.39. The van der Waals surface area contributed by atoms with E-state index in [9.17, 15) is 34.5 Å². The van der Waals surface area contributed by atoms with Crippen molar-refractivity contribution < 1.29 is 58.2 Å². The third-order valence-corrected chi connectivity index (χ3v) is 14.3. The predicted molar refractivity (Wildman–Crippen MR) is 340 cm³/mol. The lowest BCUT2D eigenvalue weighted by atomic mass is 9.98. The highest BCUT2D eigenvalue weighted by Crippen LogP contribution is 2.27. The number of hydrogen-bond acceptors (Lipinski definition) is 11. The third-order valence-electron chi connectivity index (χ3n) is 14.3. The van der Waals surface area contributed by atoms with Gasteiger partial charge in [0.2, 0.25) is 0 Å². The lowest BCUT2D eigenvalue weighted by Crippen LogP contribution is -2.61. The van der Waals surface area contributed by atoms with E-state index in [0.717, 1.165) is 128 Å². The Balaban J connectivity index is 2.70. The molecule has 12 nitrogen and oxygen atoms in total. The summed E-state index contributed by atoms with van der Waals surface area (Å²) in [5, 5.41) is 31.6. The Morgan fingerprint density at radius 2 is 0.759 bits per heavy atom. The fourth-order valence-corrected chi connectivity index (χ4v) is 9.39. The van der Waals surface area contributed by atoms with Gasteiger partial charge in [0.25, 0.3) is 0 Å². The highest BCUT2D eigenvalue weighted by atomic mass is 16.7. The van der Waals surface area contributed by atoms with Crippen molar-refractivity contribution in [3.05, 3.63) is 109 Å². The Labute approximate surface area is 504 Å². The molecule has 83 heavy (non-hydrogen) atoms. The molecule has 0 aromatic rings. The summed E-state index contributed by atoms with van der Waals surface area (Å²) < 4.78 is 28.5. The second-order valence-corrected chi connectivity index (χ2v) is 22.0.